The maximum absolute atomic E-state index is 2.38. The minimum atomic E-state index is 1.30. The second-order valence-electron chi connectivity index (χ2n) is 2.96. The normalized spacial score (nSPS) is 10.1. The van der Waals surface area contributed by atoms with E-state index >= 15 is 0 Å². The molecule has 0 atom stereocenters. The smallest absolute Gasteiger partial charge is 0.0209 e. The van der Waals surface area contributed by atoms with E-state index in [1.807, 2.05) is 0 Å². The van der Waals surface area contributed by atoms with E-state index in [1.165, 1.54) is 18.3 Å². The molecule has 0 unspecified atom stereocenters. The van der Waals surface area contributed by atoms with Gasteiger partial charge in [0.05, 0.1) is 0 Å². The molecule has 0 spiro atoms. The standard InChI is InChI=1S/C12H8I2/c13-11-7-3-1-5-9(11)10-6-2-4-8-12(10)14/h1-8H. The van der Waals surface area contributed by atoms with Gasteiger partial charge in [-0.3, -0.25) is 0 Å². The molecule has 0 bridgehead atoms. The van der Waals surface area contributed by atoms with Crippen LogP contribution >= 0.6 is 45.2 Å². The minimum Gasteiger partial charge on any atom is -0.0616 e. The van der Waals surface area contributed by atoms with Gasteiger partial charge in [0.25, 0.3) is 0 Å². The zero-order valence-electron chi connectivity index (χ0n) is 7.37. The average Bonchev–Trinajstić information content (AvgIpc) is 2.20. The summed E-state index contributed by atoms with van der Waals surface area (Å²) >= 11 is 4.75. The molecular weight excluding hydrogens is 398 g/mol. The van der Waals surface area contributed by atoms with E-state index in [0.29, 0.717) is 0 Å². The lowest BCUT2D eigenvalue weighted by Gasteiger charge is -2.06. The molecule has 70 valence electrons. The maximum Gasteiger partial charge on any atom is 0.0209 e. The van der Waals surface area contributed by atoms with Crippen molar-refractivity contribution < 1.29 is 0 Å². The summed E-state index contributed by atoms with van der Waals surface area (Å²) in [6, 6.07) is 16.9. The lowest BCUT2D eigenvalue weighted by molar-refractivity contribution is 1.55. The Hall–Kier alpha value is -0.100. The molecule has 2 aromatic carbocycles. The number of hydrogen-bond acceptors (Lipinski definition) is 0. The van der Waals surface area contributed by atoms with Crippen LogP contribution in [0, 0.1) is 7.14 Å². The molecule has 0 aliphatic heterocycles. The fourth-order valence-corrected chi connectivity index (χ4v) is 2.72. The van der Waals surface area contributed by atoms with Crippen LogP contribution in [0.2, 0.25) is 0 Å². The van der Waals surface area contributed by atoms with Crippen molar-refractivity contribution in [2.75, 3.05) is 0 Å². The third-order valence-electron chi connectivity index (χ3n) is 2.04. The molecule has 2 rings (SSSR count). The summed E-state index contributed by atoms with van der Waals surface area (Å²) in [6.07, 6.45) is 0. The van der Waals surface area contributed by atoms with Gasteiger partial charge in [0, 0.05) is 7.14 Å². The fraction of sp³-hybridized carbons (Fsp3) is 0. The number of hydrogen-bond donors (Lipinski definition) is 0. The fourth-order valence-electron chi connectivity index (χ4n) is 1.36. The van der Waals surface area contributed by atoms with Crippen LogP contribution in [0.5, 0.6) is 0 Å². The first-order valence-corrected chi connectivity index (χ1v) is 6.44. The number of benzene rings is 2. The molecule has 0 aromatic heterocycles. The van der Waals surface area contributed by atoms with Crippen molar-refractivity contribution in [2.45, 2.75) is 0 Å². The highest BCUT2D eigenvalue weighted by Gasteiger charge is 2.04. The molecule has 0 aliphatic rings. The second-order valence-corrected chi connectivity index (χ2v) is 5.28. The van der Waals surface area contributed by atoms with Crippen LogP contribution < -0.4 is 0 Å². The lowest BCUT2D eigenvalue weighted by Crippen LogP contribution is -1.84. The molecule has 0 aliphatic carbocycles. The van der Waals surface area contributed by atoms with Gasteiger partial charge in [0.15, 0.2) is 0 Å². The van der Waals surface area contributed by atoms with Crippen LogP contribution in [0.3, 0.4) is 0 Å². The Morgan fingerprint density at radius 1 is 0.571 bits per heavy atom. The average molecular weight is 406 g/mol. The summed E-state index contributed by atoms with van der Waals surface area (Å²) in [4.78, 5) is 0. The SMILES string of the molecule is Ic1ccccc1-c1ccccc1I. The van der Waals surface area contributed by atoms with Crippen molar-refractivity contribution in [1.82, 2.24) is 0 Å². The van der Waals surface area contributed by atoms with Crippen LogP contribution in [0.4, 0.5) is 0 Å². The monoisotopic (exact) mass is 406 g/mol. The third-order valence-corrected chi connectivity index (χ3v) is 3.92. The molecular formula is C12H8I2. The van der Waals surface area contributed by atoms with Crippen LogP contribution in [0.25, 0.3) is 11.1 Å². The molecule has 0 heterocycles. The van der Waals surface area contributed by atoms with Crippen LogP contribution in [-0.4, -0.2) is 0 Å². The molecule has 0 saturated heterocycles. The van der Waals surface area contributed by atoms with Crippen molar-refractivity contribution >= 4 is 45.2 Å². The largest absolute Gasteiger partial charge is 0.0616 e. The molecule has 0 nitrogen and oxygen atoms in total. The van der Waals surface area contributed by atoms with Crippen molar-refractivity contribution in [3.05, 3.63) is 55.7 Å². The lowest BCUT2D eigenvalue weighted by atomic mass is 10.1. The first-order valence-electron chi connectivity index (χ1n) is 4.28. The summed E-state index contributed by atoms with van der Waals surface area (Å²) in [6.45, 7) is 0. The summed E-state index contributed by atoms with van der Waals surface area (Å²) in [5.74, 6) is 0. The Labute approximate surface area is 111 Å². The zero-order valence-corrected chi connectivity index (χ0v) is 11.7. The van der Waals surface area contributed by atoms with E-state index < -0.39 is 0 Å². The third kappa shape index (κ3) is 2.11. The van der Waals surface area contributed by atoms with Crippen molar-refractivity contribution in [2.24, 2.45) is 0 Å². The zero-order chi connectivity index (χ0) is 9.97. The Morgan fingerprint density at radius 2 is 0.929 bits per heavy atom. The summed E-state index contributed by atoms with van der Waals surface area (Å²) in [5.41, 5.74) is 2.64. The molecule has 0 amide bonds. The predicted octanol–water partition coefficient (Wildman–Crippen LogP) is 4.56. The summed E-state index contributed by atoms with van der Waals surface area (Å²) in [7, 11) is 0. The molecule has 2 heteroatoms. The van der Waals surface area contributed by atoms with E-state index in [9.17, 15) is 0 Å². The quantitative estimate of drug-likeness (QED) is 0.610. The van der Waals surface area contributed by atoms with Gasteiger partial charge in [-0.2, -0.15) is 0 Å². The van der Waals surface area contributed by atoms with E-state index in [0.717, 1.165) is 0 Å². The Bertz CT molecular complexity index is 406. The first-order chi connectivity index (χ1) is 6.79. The van der Waals surface area contributed by atoms with Gasteiger partial charge in [-0.05, 0) is 68.4 Å². The molecule has 0 fully saturated rings. The maximum atomic E-state index is 2.38. The Morgan fingerprint density at radius 3 is 1.29 bits per heavy atom. The van der Waals surface area contributed by atoms with Crippen LogP contribution in [0.1, 0.15) is 0 Å². The van der Waals surface area contributed by atoms with Gasteiger partial charge >= 0.3 is 0 Å². The van der Waals surface area contributed by atoms with Gasteiger partial charge in [-0.1, -0.05) is 36.4 Å². The number of halogens is 2. The highest BCUT2D eigenvalue weighted by Crippen LogP contribution is 2.28. The topological polar surface area (TPSA) is 0 Å². The highest BCUT2D eigenvalue weighted by atomic mass is 127. The molecule has 2 aromatic rings. The van der Waals surface area contributed by atoms with Crippen LogP contribution in [0.15, 0.2) is 48.5 Å². The van der Waals surface area contributed by atoms with E-state index in [-0.39, 0.29) is 0 Å². The van der Waals surface area contributed by atoms with Gasteiger partial charge in [0.2, 0.25) is 0 Å². The Balaban J connectivity index is 2.61. The highest BCUT2D eigenvalue weighted by molar-refractivity contribution is 14.1. The van der Waals surface area contributed by atoms with Gasteiger partial charge in [-0.25, -0.2) is 0 Å². The van der Waals surface area contributed by atoms with Gasteiger partial charge in [-0.15, -0.1) is 0 Å². The van der Waals surface area contributed by atoms with Crippen LogP contribution in [-0.2, 0) is 0 Å². The van der Waals surface area contributed by atoms with Crippen molar-refractivity contribution in [3.63, 3.8) is 0 Å². The molecule has 0 radical (unpaired) electrons. The van der Waals surface area contributed by atoms with Gasteiger partial charge < -0.3 is 0 Å². The second kappa shape index (κ2) is 4.61. The summed E-state index contributed by atoms with van der Waals surface area (Å²) < 4.78 is 2.60. The molecule has 0 N–H and O–H groups in total. The molecule has 14 heavy (non-hydrogen) atoms. The van der Waals surface area contributed by atoms with Crippen molar-refractivity contribution in [1.29, 1.82) is 0 Å². The molecule has 0 saturated carbocycles. The first kappa shape index (κ1) is 10.4. The number of rotatable bonds is 1. The van der Waals surface area contributed by atoms with Gasteiger partial charge in [0.1, 0.15) is 0 Å². The predicted molar refractivity (Wildman–Crippen MR) is 77.3 cm³/mol. The van der Waals surface area contributed by atoms with E-state index in [4.69, 9.17) is 0 Å². The Kier molecular flexibility index (Phi) is 3.43. The summed E-state index contributed by atoms with van der Waals surface area (Å²) in [5, 5.41) is 0. The van der Waals surface area contributed by atoms with E-state index in [2.05, 4.69) is 93.7 Å². The van der Waals surface area contributed by atoms with E-state index in [1.54, 1.807) is 0 Å². The minimum absolute atomic E-state index is 1.30. The van der Waals surface area contributed by atoms with Crippen molar-refractivity contribution in [3.8, 4) is 11.1 Å².